The molecule has 5 heteroatoms. The number of rotatable bonds is 3. The highest BCUT2D eigenvalue weighted by molar-refractivity contribution is 6.31. The van der Waals surface area contributed by atoms with E-state index < -0.39 is 0 Å². The van der Waals surface area contributed by atoms with E-state index in [4.69, 9.17) is 22.1 Å². The number of anilines is 3. The van der Waals surface area contributed by atoms with Crippen LogP contribution in [0.1, 0.15) is 0 Å². The highest BCUT2D eigenvalue weighted by Crippen LogP contribution is 2.34. The van der Waals surface area contributed by atoms with Gasteiger partial charge in [-0.2, -0.15) is 0 Å². The lowest BCUT2D eigenvalue weighted by Crippen LogP contribution is -1.97. The molecule has 4 nitrogen and oxygen atoms in total. The minimum absolute atomic E-state index is 0.635. The molecule has 0 aliphatic carbocycles. The van der Waals surface area contributed by atoms with E-state index in [0.717, 1.165) is 22.3 Å². The SMILES string of the molecule is COc1ccc(Cl)cc1Nc1ccc(N)c2ncccc12. The minimum atomic E-state index is 0.635. The van der Waals surface area contributed by atoms with Crippen LogP contribution in [0.5, 0.6) is 5.75 Å². The molecule has 3 rings (SSSR count). The van der Waals surface area contributed by atoms with Crippen molar-refractivity contribution in [2.75, 3.05) is 18.2 Å². The fourth-order valence-electron chi connectivity index (χ4n) is 2.23. The Labute approximate surface area is 127 Å². The molecule has 0 atom stereocenters. The monoisotopic (exact) mass is 299 g/mol. The second kappa shape index (κ2) is 5.50. The first-order valence-corrected chi connectivity index (χ1v) is 6.80. The summed E-state index contributed by atoms with van der Waals surface area (Å²) in [6, 6.07) is 13.0. The van der Waals surface area contributed by atoms with Crippen molar-refractivity contribution in [2.45, 2.75) is 0 Å². The van der Waals surface area contributed by atoms with E-state index in [1.165, 1.54) is 0 Å². The van der Waals surface area contributed by atoms with Gasteiger partial charge in [0.25, 0.3) is 0 Å². The lowest BCUT2D eigenvalue weighted by atomic mass is 10.1. The van der Waals surface area contributed by atoms with Crippen LogP contribution in [0.15, 0.2) is 48.7 Å². The summed E-state index contributed by atoms with van der Waals surface area (Å²) in [6.07, 6.45) is 1.72. The average Bonchev–Trinajstić information content (AvgIpc) is 2.51. The van der Waals surface area contributed by atoms with Gasteiger partial charge in [0.05, 0.1) is 24.0 Å². The molecule has 3 N–H and O–H groups in total. The predicted octanol–water partition coefficient (Wildman–Crippen LogP) is 4.22. The zero-order chi connectivity index (χ0) is 14.8. The Kier molecular flexibility index (Phi) is 3.54. The van der Waals surface area contributed by atoms with Crippen molar-refractivity contribution in [3.05, 3.63) is 53.7 Å². The van der Waals surface area contributed by atoms with Crippen LogP contribution in [0.3, 0.4) is 0 Å². The second-order valence-electron chi connectivity index (χ2n) is 4.57. The van der Waals surface area contributed by atoms with Gasteiger partial charge in [0, 0.05) is 22.3 Å². The standard InChI is InChI=1S/C16H14ClN3O/c1-21-15-7-4-10(17)9-14(15)20-13-6-5-12(18)16-11(13)3-2-8-19-16/h2-9,20H,18H2,1H3. The number of fused-ring (bicyclic) bond motifs is 1. The first-order chi connectivity index (χ1) is 10.2. The topological polar surface area (TPSA) is 60.2 Å². The summed E-state index contributed by atoms with van der Waals surface area (Å²) in [7, 11) is 1.62. The van der Waals surface area contributed by atoms with Crippen LogP contribution in [-0.2, 0) is 0 Å². The summed E-state index contributed by atoms with van der Waals surface area (Å²) in [5, 5.41) is 4.91. The van der Waals surface area contributed by atoms with Gasteiger partial charge in [0.1, 0.15) is 5.75 Å². The van der Waals surface area contributed by atoms with Crippen LogP contribution in [0.25, 0.3) is 10.9 Å². The van der Waals surface area contributed by atoms with Crippen molar-refractivity contribution in [3.8, 4) is 5.75 Å². The molecule has 0 aliphatic heterocycles. The molecule has 0 bridgehead atoms. The van der Waals surface area contributed by atoms with Crippen LogP contribution in [0.4, 0.5) is 17.1 Å². The van der Waals surface area contributed by atoms with E-state index >= 15 is 0 Å². The van der Waals surface area contributed by atoms with Crippen molar-refractivity contribution in [2.24, 2.45) is 0 Å². The highest BCUT2D eigenvalue weighted by Gasteiger charge is 2.08. The summed E-state index contributed by atoms with van der Waals surface area (Å²) in [4.78, 5) is 4.32. The van der Waals surface area contributed by atoms with E-state index in [1.807, 2.05) is 36.4 Å². The summed E-state index contributed by atoms with van der Waals surface area (Å²) >= 11 is 6.06. The fourth-order valence-corrected chi connectivity index (χ4v) is 2.40. The van der Waals surface area contributed by atoms with Crippen molar-refractivity contribution < 1.29 is 4.74 Å². The van der Waals surface area contributed by atoms with E-state index in [-0.39, 0.29) is 0 Å². The molecule has 106 valence electrons. The smallest absolute Gasteiger partial charge is 0.142 e. The number of methoxy groups -OCH3 is 1. The molecule has 0 saturated heterocycles. The van der Waals surface area contributed by atoms with Crippen molar-refractivity contribution in [3.63, 3.8) is 0 Å². The van der Waals surface area contributed by atoms with Gasteiger partial charge in [-0.1, -0.05) is 11.6 Å². The van der Waals surface area contributed by atoms with Crippen LogP contribution in [0, 0.1) is 0 Å². The maximum absolute atomic E-state index is 6.06. The Morgan fingerprint density at radius 1 is 1.14 bits per heavy atom. The molecule has 0 unspecified atom stereocenters. The molecule has 1 aromatic heterocycles. The summed E-state index contributed by atoms with van der Waals surface area (Å²) < 4.78 is 5.35. The van der Waals surface area contributed by atoms with Crippen LogP contribution in [0.2, 0.25) is 5.02 Å². The second-order valence-corrected chi connectivity index (χ2v) is 5.01. The number of nitrogens with one attached hydrogen (secondary N) is 1. The third-order valence-corrected chi connectivity index (χ3v) is 3.47. The highest BCUT2D eigenvalue weighted by atomic mass is 35.5. The number of nitrogens with two attached hydrogens (primary N) is 1. The number of pyridine rings is 1. The summed E-state index contributed by atoms with van der Waals surface area (Å²) in [5.74, 6) is 0.716. The van der Waals surface area contributed by atoms with Gasteiger partial charge in [0.15, 0.2) is 0 Å². The number of nitrogen functional groups attached to an aromatic ring is 1. The van der Waals surface area contributed by atoms with E-state index in [2.05, 4.69) is 10.3 Å². The quantitative estimate of drug-likeness (QED) is 0.711. The van der Waals surface area contributed by atoms with E-state index in [9.17, 15) is 0 Å². The number of nitrogens with zero attached hydrogens (tertiary/aromatic N) is 1. The number of hydrogen-bond donors (Lipinski definition) is 2. The number of halogens is 1. The van der Waals surface area contributed by atoms with E-state index in [0.29, 0.717) is 16.5 Å². The molecule has 0 spiro atoms. The number of ether oxygens (including phenoxy) is 1. The molecule has 0 aliphatic rings. The summed E-state index contributed by atoms with van der Waals surface area (Å²) in [6.45, 7) is 0. The van der Waals surface area contributed by atoms with Crippen molar-refractivity contribution >= 4 is 39.6 Å². The van der Waals surface area contributed by atoms with Crippen LogP contribution < -0.4 is 15.8 Å². The lowest BCUT2D eigenvalue weighted by Gasteiger charge is -2.14. The number of hydrogen-bond acceptors (Lipinski definition) is 4. The molecule has 0 radical (unpaired) electrons. The Balaban J connectivity index is 2.11. The van der Waals surface area contributed by atoms with Gasteiger partial charge in [-0.15, -0.1) is 0 Å². The third kappa shape index (κ3) is 2.58. The molecule has 21 heavy (non-hydrogen) atoms. The largest absolute Gasteiger partial charge is 0.495 e. The maximum atomic E-state index is 6.06. The molecule has 0 fully saturated rings. The van der Waals surface area contributed by atoms with Gasteiger partial charge in [-0.25, -0.2) is 0 Å². The van der Waals surface area contributed by atoms with Gasteiger partial charge in [0.2, 0.25) is 0 Å². The van der Waals surface area contributed by atoms with E-state index in [1.54, 1.807) is 19.4 Å². The van der Waals surface area contributed by atoms with Gasteiger partial charge >= 0.3 is 0 Å². The molecular weight excluding hydrogens is 286 g/mol. The number of benzene rings is 2. The molecule has 1 heterocycles. The molecule has 3 aromatic rings. The minimum Gasteiger partial charge on any atom is -0.495 e. The first kappa shape index (κ1) is 13.5. The van der Waals surface area contributed by atoms with Crippen LogP contribution >= 0.6 is 11.6 Å². The first-order valence-electron chi connectivity index (χ1n) is 6.43. The Hall–Kier alpha value is -2.46. The third-order valence-electron chi connectivity index (χ3n) is 3.23. The fraction of sp³-hybridized carbons (Fsp3) is 0.0625. The Bertz CT molecular complexity index is 805. The lowest BCUT2D eigenvalue weighted by molar-refractivity contribution is 0.417. The van der Waals surface area contributed by atoms with Crippen molar-refractivity contribution in [1.29, 1.82) is 0 Å². The van der Waals surface area contributed by atoms with Crippen LogP contribution in [-0.4, -0.2) is 12.1 Å². The molecule has 0 saturated carbocycles. The zero-order valence-corrected chi connectivity index (χ0v) is 12.2. The average molecular weight is 300 g/mol. The zero-order valence-electron chi connectivity index (χ0n) is 11.4. The normalized spacial score (nSPS) is 10.6. The van der Waals surface area contributed by atoms with Gasteiger partial charge < -0.3 is 15.8 Å². The van der Waals surface area contributed by atoms with Gasteiger partial charge in [-0.05, 0) is 42.5 Å². The molecule has 0 amide bonds. The van der Waals surface area contributed by atoms with Crippen molar-refractivity contribution in [1.82, 2.24) is 4.98 Å². The van der Waals surface area contributed by atoms with Gasteiger partial charge in [-0.3, -0.25) is 4.98 Å². The Morgan fingerprint density at radius 3 is 2.81 bits per heavy atom. The molecule has 2 aromatic carbocycles. The number of aromatic nitrogens is 1. The Morgan fingerprint density at radius 2 is 2.00 bits per heavy atom. The molecular formula is C16H14ClN3O. The maximum Gasteiger partial charge on any atom is 0.142 e. The predicted molar refractivity (Wildman–Crippen MR) is 87.4 cm³/mol. The summed E-state index contributed by atoms with van der Waals surface area (Å²) in [5.41, 5.74) is 9.06.